The highest BCUT2D eigenvalue weighted by molar-refractivity contribution is 6.09. The number of carbonyl (C=O) groups is 2. The van der Waals surface area contributed by atoms with E-state index >= 15 is 0 Å². The van der Waals surface area contributed by atoms with E-state index in [1.807, 2.05) is 0 Å². The van der Waals surface area contributed by atoms with Gasteiger partial charge in [-0.3, -0.25) is 19.5 Å². The first-order chi connectivity index (χ1) is 16.0. The van der Waals surface area contributed by atoms with Crippen LogP contribution in [0.3, 0.4) is 0 Å². The summed E-state index contributed by atoms with van der Waals surface area (Å²) in [5.74, 6) is -1.91. The summed E-state index contributed by atoms with van der Waals surface area (Å²) in [6, 6.07) is 9.59. The monoisotopic (exact) mass is 450 g/mol. The van der Waals surface area contributed by atoms with Gasteiger partial charge in [0.1, 0.15) is 23.4 Å². The maximum Gasteiger partial charge on any atom is 0.279 e. The fourth-order valence-electron chi connectivity index (χ4n) is 4.11. The third-order valence-electron chi connectivity index (χ3n) is 5.75. The molecule has 1 atom stereocenters. The van der Waals surface area contributed by atoms with Crippen molar-refractivity contribution in [1.29, 1.82) is 0 Å². The van der Waals surface area contributed by atoms with Crippen molar-refractivity contribution >= 4 is 17.5 Å². The first-order valence-corrected chi connectivity index (χ1v) is 10.9. The Hall–Kier alpha value is -3.68. The van der Waals surface area contributed by atoms with Crippen LogP contribution in [0.2, 0.25) is 0 Å². The van der Waals surface area contributed by atoms with E-state index in [1.54, 1.807) is 0 Å². The molecule has 1 aliphatic rings. The number of carbonyl (C=O) groups excluding carboxylic acids is 2. The van der Waals surface area contributed by atoms with E-state index in [2.05, 4.69) is 15.3 Å². The summed E-state index contributed by atoms with van der Waals surface area (Å²) < 4.78 is 27.3. The molecular formula is C25H24F2N4O2. The molecule has 1 fully saturated rings. The second-order valence-electron chi connectivity index (χ2n) is 8.04. The van der Waals surface area contributed by atoms with Crippen LogP contribution in [0.4, 0.5) is 14.5 Å². The molecule has 8 heteroatoms. The predicted octanol–water partition coefficient (Wildman–Crippen LogP) is 4.59. The summed E-state index contributed by atoms with van der Waals surface area (Å²) in [6.07, 6.45) is 9.00. The minimum absolute atomic E-state index is 0.00381. The first kappa shape index (κ1) is 22.5. The highest BCUT2D eigenvalue weighted by Crippen LogP contribution is 2.30. The molecule has 1 saturated carbocycles. The Bertz CT molecular complexity index is 1090. The van der Waals surface area contributed by atoms with Gasteiger partial charge in [-0.05, 0) is 54.8 Å². The molecule has 6 nitrogen and oxygen atoms in total. The summed E-state index contributed by atoms with van der Waals surface area (Å²) in [7, 11) is 0. The third kappa shape index (κ3) is 5.39. The van der Waals surface area contributed by atoms with Gasteiger partial charge in [0.05, 0.1) is 6.20 Å². The van der Waals surface area contributed by atoms with Crippen LogP contribution in [-0.4, -0.2) is 27.8 Å². The second-order valence-corrected chi connectivity index (χ2v) is 8.04. The van der Waals surface area contributed by atoms with Crippen LogP contribution in [0, 0.1) is 11.6 Å². The van der Waals surface area contributed by atoms with Crippen LogP contribution in [0.5, 0.6) is 0 Å². The minimum Gasteiger partial charge on any atom is -0.351 e. The summed E-state index contributed by atoms with van der Waals surface area (Å²) in [6.45, 7) is 0. The molecule has 1 N–H and O–H groups in total. The van der Waals surface area contributed by atoms with Crippen molar-refractivity contribution in [3.8, 4) is 0 Å². The lowest BCUT2D eigenvalue weighted by atomic mass is 9.94. The van der Waals surface area contributed by atoms with Gasteiger partial charge in [0.2, 0.25) is 5.91 Å². The second kappa shape index (κ2) is 10.3. The Morgan fingerprint density at radius 3 is 2.15 bits per heavy atom. The molecule has 1 aliphatic carbocycles. The maximum atomic E-state index is 13.7. The van der Waals surface area contributed by atoms with Gasteiger partial charge in [-0.2, -0.15) is 0 Å². The zero-order chi connectivity index (χ0) is 23.2. The van der Waals surface area contributed by atoms with Gasteiger partial charge in [-0.1, -0.05) is 31.4 Å². The van der Waals surface area contributed by atoms with E-state index in [9.17, 15) is 18.4 Å². The van der Waals surface area contributed by atoms with Crippen LogP contribution in [0.1, 0.15) is 54.2 Å². The molecule has 2 amide bonds. The Morgan fingerprint density at radius 1 is 0.909 bits per heavy atom. The maximum absolute atomic E-state index is 13.7. The standard InChI is InChI=1S/C25H24F2N4O2/c26-18-8-6-17(7-9-18)23(24(32)30-20-4-2-1-3-5-20)31(21-12-10-19(27)11-13-21)25(33)22-16-28-14-15-29-22/h6-16,20,23H,1-5H2,(H,30,32). The molecule has 0 aliphatic heterocycles. The van der Waals surface area contributed by atoms with Crippen molar-refractivity contribution in [3.63, 3.8) is 0 Å². The highest BCUT2D eigenvalue weighted by Gasteiger charge is 2.35. The molecule has 0 radical (unpaired) electrons. The summed E-state index contributed by atoms with van der Waals surface area (Å²) in [4.78, 5) is 36.5. The van der Waals surface area contributed by atoms with Crippen molar-refractivity contribution in [1.82, 2.24) is 15.3 Å². The molecule has 0 saturated heterocycles. The largest absolute Gasteiger partial charge is 0.351 e. The SMILES string of the molecule is O=C(NC1CCCCC1)C(c1ccc(F)cc1)N(C(=O)c1cnccn1)c1ccc(F)cc1. The number of anilines is 1. The van der Waals surface area contributed by atoms with E-state index in [-0.39, 0.29) is 11.7 Å². The fraction of sp³-hybridized carbons (Fsp3) is 0.280. The Kier molecular flexibility index (Phi) is 7.02. The third-order valence-corrected chi connectivity index (χ3v) is 5.75. The molecule has 1 unspecified atom stereocenters. The van der Waals surface area contributed by atoms with Gasteiger partial charge in [0.15, 0.2) is 0 Å². The lowest BCUT2D eigenvalue weighted by Gasteiger charge is -2.33. The molecular weight excluding hydrogens is 426 g/mol. The molecule has 170 valence electrons. The Balaban J connectivity index is 1.79. The molecule has 33 heavy (non-hydrogen) atoms. The van der Waals surface area contributed by atoms with Crippen LogP contribution in [0.15, 0.2) is 67.1 Å². The van der Waals surface area contributed by atoms with Crippen LogP contribution < -0.4 is 10.2 Å². The average molecular weight is 450 g/mol. The molecule has 4 rings (SSSR count). The number of amides is 2. The normalized spacial score (nSPS) is 15.0. The average Bonchev–Trinajstić information content (AvgIpc) is 2.85. The van der Waals surface area contributed by atoms with E-state index in [0.717, 1.165) is 32.1 Å². The number of nitrogens with zero attached hydrogens (tertiary/aromatic N) is 3. The van der Waals surface area contributed by atoms with Gasteiger partial charge >= 0.3 is 0 Å². The minimum atomic E-state index is -1.12. The van der Waals surface area contributed by atoms with E-state index in [0.29, 0.717) is 11.3 Å². The van der Waals surface area contributed by atoms with Gasteiger partial charge in [-0.15, -0.1) is 0 Å². The van der Waals surface area contributed by atoms with Gasteiger partial charge in [0.25, 0.3) is 5.91 Å². The molecule has 0 bridgehead atoms. The van der Waals surface area contributed by atoms with Gasteiger partial charge in [-0.25, -0.2) is 13.8 Å². The number of nitrogens with one attached hydrogen (secondary N) is 1. The highest BCUT2D eigenvalue weighted by atomic mass is 19.1. The summed E-state index contributed by atoms with van der Waals surface area (Å²) >= 11 is 0. The molecule has 2 aromatic carbocycles. The number of rotatable bonds is 6. The quantitative estimate of drug-likeness (QED) is 0.596. The Morgan fingerprint density at radius 2 is 1.55 bits per heavy atom. The van der Waals surface area contributed by atoms with Crippen molar-refractivity contribution in [2.45, 2.75) is 44.2 Å². The van der Waals surface area contributed by atoms with Gasteiger partial charge < -0.3 is 5.32 Å². The molecule has 3 aromatic rings. The predicted molar refractivity (Wildman–Crippen MR) is 119 cm³/mol. The van der Waals surface area contributed by atoms with Crippen LogP contribution >= 0.6 is 0 Å². The zero-order valence-electron chi connectivity index (χ0n) is 18.0. The number of hydrogen-bond donors (Lipinski definition) is 1. The number of aromatic nitrogens is 2. The smallest absolute Gasteiger partial charge is 0.279 e. The van der Waals surface area contributed by atoms with E-state index in [1.165, 1.54) is 72.0 Å². The number of hydrogen-bond acceptors (Lipinski definition) is 4. The van der Waals surface area contributed by atoms with E-state index in [4.69, 9.17) is 0 Å². The van der Waals surface area contributed by atoms with E-state index < -0.39 is 29.5 Å². The number of benzene rings is 2. The summed E-state index contributed by atoms with van der Waals surface area (Å²) in [5, 5.41) is 3.06. The molecule has 1 heterocycles. The van der Waals surface area contributed by atoms with Crippen molar-refractivity contribution < 1.29 is 18.4 Å². The lowest BCUT2D eigenvalue weighted by Crippen LogP contribution is -2.47. The first-order valence-electron chi connectivity index (χ1n) is 10.9. The van der Waals surface area contributed by atoms with Crippen molar-refractivity contribution in [2.24, 2.45) is 0 Å². The van der Waals surface area contributed by atoms with Crippen LogP contribution in [0.25, 0.3) is 0 Å². The van der Waals surface area contributed by atoms with Crippen LogP contribution in [-0.2, 0) is 4.79 Å². The molecule has 1 aromatic heterocycles. The molecule has 0 spiro atoms. The van der Waals surface area contributed by atoms with Crippen molar-refractivity contribution in [3.05, 3.63) is 90.0 Å². The van der Waals surface area contributed by atoms with Gasteiger partial charge in [0, 0.05) is 24.1 Å². The van der Waals surface area contributed by atoms with Crippen molar-refractivity contribution in [2.75, 3.05) is 4.90 Å². The Labute approximate surface area is 190 Å². The zero-order valence-corrected chi connectivity index (χ0v) is 18.0. The topological polar surface area (TPSA) is 75.2 Å². The lowest BCUT2D eigenvalue weighted by molar-refractivity contribution is -0.123. The fourth-order valence-corrected chi connectivity index (χ4v) is 4.11. The number of halogens is 2. The summed E-state index contributed by atoms with van der Waals surface area (Å²) in [5.41, 5.74) is 0.755.